The van der Waals surface area contributed by atoms with Gasteiger partial charge < -0.3 is 14.8 Å². The molecule has 0 radical (unpaired) electrons. The van der Waals surface area contributed by atoms with E-state index < -0.39 is 6.09 Å². The van der Waals surface area contributed by atoms with E-state index in [2.05, 4.69) is 12.2 Å². The van der Waals surface area contributed by atoms with E-state index >= 15 is 0 Å². The SMILES string of the molecule is CCCCCCCCCCOC(=O)CCCNC(=O)OCC(C)C. The molecule has 0 saturated carbocycles. The molecule has 0 saturated heterocycles. The van der Waals surface area contributed by atoms with E-state index in [1.165, 1.54) is 38.5 Å². The number of unbranched alkanes of at least 4 members (excludes halogenated alkanes) is 7. The van der Waals surface area contributed by atoms with Crippen molar-refractivity contribution in [3.8, 4) is 0 Å². The van der Waals surface area contributed by atoms with Gasteiger partial charge in [-0.15, -0.1) is 0 Å². The smallest absolute Gasteiger partial charge is 0.407 e. The highest BCUT2D eigenvalue weighted by molar-refractivity contribution is 5.69. The van der Waals surface area contributed by atoms with Crippen molar-refractivity contribution in [2.24, 2.45) is 5.92 Å². The molecule has 1 N–H and O–H groups in total. The normalized spacial score (nSPS) is 10.7. The Hall–Kier alpha value is -1.26. The quantitative estimate of drug-likeness (QED) is 0.341. The fourth-order valence-electron chi connectivity index (χ4n) is 2.21. The van der Waals surface area contributed by atoms with Gasteiger partial charge in [0.1, 0.15) is 0 Å². The molecule has 0 atom stereocenters. The number of carbonyl (C=O) groups excluding carboxylic acids is 2. The minimum atomic E-state index is -0.420. The second-order valence-corrected chi connectivity index (χ2v) is 6.72. The molecule has 0 aliphatic carbocycles. The van der Waals surface area contributed by atoms with E-state index in [1.54, 1.807) is 0 Å². The molecule has 24 heavy (non-hydrogen) atoms. The molecule has 0 aromatic carbocycles. The van der Waals surface area contributed by atoms with Crippen LogP contribution >= 0.6 is 0 Å². The van der Waals surface area contributed by atoms with Crippen LogP contribution in [0.25, 0.3) is 0 Å². The first-order chi connectivity index (χ1) is 11.6. The van der Waals surface area contributed by atoms with E-state index in [4.69, 9.17) is 9.47 Å². The standard InChI is InChI=1S/C19H37NO4/c1-4-5-6-7-8-9-10-11-15-23-18(21)13-12-14-20-19(22)24-16-17(2)3/h17H,4-16H2,1-3H3,(H,20,22). The molecule has 0 aromatic heterocycles. The summed E-state index contributed by atoms with van der Waals surface area (Å²) in [5, 5.41) is 2.63. The predicted molar refractivity (Wildman–Crippen MR) is 97.0 cm³/mol. The van der Waals surface area contributed by atoms with Crippen molar-refractivity contribution in [2.45, 2.75) is 85.0 Å². The van der Waals surface area contributed by atoms with Crippen molar-refractivity contribution in [1.82, 2.24) is 5.32 Å². The van der Waals surface area contributed by atoms with E-state index in [-0.39, 0.29) is 5.97 Å². The summed E-state index contributed by atoms with van der Waals surface area (Å²) < 4.78 is 10.2. The highest BCUT2D eigenvalue weighted by atomic mass is 16.5. The van der Waals surface area contributed by atoms with Crippen LogP contribution in [0.5, 0.6) is 0 Å². The summed E-state index contributed by atoms with van der Waals surface area (Å²) >= 11 is 0. The summed E-state index contributed by atoms with van der Waals surface area (Å²) in [4.78, 5) is 22.8. The number of amides is 1. The maximum Gasteiger partial charge on any atom is 0.407 e. The molecule has 1 amide bonds. The molecular weight excluding hydrogens is 306 g/mol. The number of ether oxygens (including phenoxy) is 2. The van der Waals surface area contributed by atoms with Crippen molar-refractivity contribution < 1.29 is 19.1 Å². The molecule has 0 spiro atoms. The minimum Gasteiger partial charge on any atom is -0.466 e. The molecule has 5 heteroatoms. The van der Waals surface area contributed by atoms with Gasteiger partial charge in [0.05, 0.1) is 13.2 Å². The van der Waals surface area contributed by atoms with Crippen LogP contribution in [0.4, 0.5) is 4.79 Å². The van der Waals surface area contributed by atoms with Crippen LogP contribution in [0.15, 0.2) is 0 Å². The Bertz CT molecular complexity index is 318. The van der Waals surface area contributed by atoms with Crippen molar-refractivity contribution in [2.75, 3.05) is 19.8 Å². The third kappa shape index (κ3) is 17.1. The Balaban J connectivity index is 3.31. The molecule has 5 nitrogen and oxygen atoms in total. The van der Waals surface area contributed by atoms with Crippen LogP contribution in [0, 0.1) is 5.92 Å². The molecule has 0 fully saturated rings. The number of carbonyl (C=O) groups is 2. The largest absolute Gasteiger partial charge is 0.466 e. The third-order valence-electron chi connectivity index (χ3n) is 3.64. The fraction of sp³-hybridized carbons (Fsp3) is 0.895. The third-order valence-corrected chi connectivity index (χ3v) is 3.64. The van der Waals surface area contributed by atoms with Gasteiger partial charge >= 0.3 is 12.1 Å². The van der Waals surface area contributed by atoms with Gasteiger partial charge in [0.25, 0.3) is 0 Å². The van der Waals surface area contributed by atoms with Crippen molar-refractivity contribution in [3.05, 3.63) is 0 Å². The van der Waals surface area contributed by atoms with Crippen LogP contribution < -0.4 is 5.32 Å². The number of alkyl carbamates (subject to hydrolysis) is 1. The molecule has 142 valence electrons. The lowest BCUT2D eigenvalue weighted by molar-refractivity contribution is -0.143. The van der Waals surface area contributed by atoms with Gasteiger partial charge in [0.2, 0.25) is 0 Å². The molecule has 0 bridgehead atoms. The first-order valence-corrected chi connectivity index (χ1v) is 9.62. The lowest BCUT2D eigenvalue weighted by atomic mass is 10.1. The first kappa shape index (κ1) is 22.7. The maximum atomic E-state index is 11.5. The molecule has 0 aliphatic heterocycles. The van der Waals surface area contributed by atoms with Gasteiger partial charge in [-0.25, -0.2) is 4.79 Å². The Kier molecular flexibility index (Phi) is 15.7. The van der Waals surface area contributed by atoms with Crippen LogP contribution in [-0.2, 0) is 14.3 Å². The average molecular weight is 344 g/mol. The van der Waals surface area contributed by atoms with E-state index in [0.29, 0.717) is 38.5 Å². The van der Waals surface area contributed by atoms with E-state index in [1.807, 2.05) is 13.8 Å². The number of rotatable bonds is 15. The summed E-state index contributed by atoms with van der Waals surface area (Å²) in [5.74, 6) is 0.136. The lowest BCUT2D eigenvalue weighted by Gasteiger charge is -2.08. The van der Waals surface area contributed by atoms with Crippen molar-refractivity contribution in [1.29, 1.82) is 0 Å². The van der Waals surface area contributed by atoms with Crippen LogP contribution in [0.3, 0.4) is 0 Å². The van der Waals surface area contributed by atoms with E-state index in [0.717, 1.165) is 12.8 Å². The monoisotopic (exact) mass is 343 g/mol. The Labute approximate surface area is 147 Å². The summed E-state index contributed by atoms with van der Waals surface area (Å²) in [6.07, 6.45) is 10.3. The second kappa shape index (κ2) is 16.6. The summed E-state index contributed by atoms with van der Waals surface area (Å²) in [5.41, 5.74) is 0. The topological polar surface area (TPSA) is 64.6 Å². The highest BCUT2D eigenvalue weighted by Crippen LogP contribution is 2.08. The molecule has 0 unspecified atom stereocenters. The zero-order valence-corrected chi connectivity index (χ0v) is 15.9. The second-order valence-electron chi connectivity index (χ2n) is 6.72. The number of esters is 1. The number of hydrogen-bond donors (Lipinski definition) is 1. The van der Waals surface area contributed by atoms with Gasteiger partial charge in [0.15, 0.2) is 0 Å². The number of hydrogen-bond acceptors (Lipinski definition) is 4. The van der Waals surface area contributed by atoms with Crippen molar-refractivity contribution >= 4 is 12.1 Å². The molecule has 0 aromatic rings. The lowest BCUT2D eigenvalue weighted by Crippen LogP contribution is -2.27. The van der Waals surface area contributed by atoms with Crippen LogP contribution in [0.2, 0.25) is 0 Å². The number of nitrogens with one attached hydrogen (secondary N) is 1. The van der Waals surface area contributed by atoms with Crippen LogP contribution in [0.1, 0.15) is 85.0 Å². The Morgan fingerprint density at radius 3 is 2.12 bits per heavy atom. The fourth-order valence-corrected chi connectivity index (χ4v) is 2.21. The minimum absolute atomic E-state index is 0.185. The molecule has 0 aliphatic rings. The average Bonchev–Trinajstić information content (AvgIpc) is 2.55. The Morgan fingerprint density at radius 1 is 0.875 bits per heavy atom. The molecule has 0 heterocycles. The molecular formula is C19H37NO4. The van der Waals surface area contributed by atoms with Gasteiger partial charge in [-0.05, 0) is 18.8 Å². The zero-order chi connectivity index (χ0) is 18.0. The van der Waals surface area contributed by atoms with Gasteiger partial charge in [-0.3, -0.25) is 4.79 Å². The van der Waals surface area contributed by atoms with Crippen LogP contribution in [-0.4, -0.2) is 31.8 Å². The van der Waals surface area contributed by atoms with Gasteiger partial charge in [-0.2, -0.15) is 0 Å². The maximum absolute atomic E-state index is 11.5. The van der Waals surface area contributed by atoms with Crippen molar-refractivity contribution in [3.63, 3.8) is 0 Å². The zero-order valence-electron chi connectivity index (χ0n) is 15.9. The van der Waals surface area contributed by atoms with E-state index in [9.17, 15) is 9.59 Å². The first-order valence-electron chi connectivity index (χ1n) is 9.62. The predicted octanol–water partition coefficient (Wildman–Crippen LogP) is 4.83. The summed E-state index contributed by atoms with van der Waals surface area (Å²) in [6, 6.07) is 0. The Morgan fingerprint density at radius 2 is 1.50 bits per heavy atom. The highest BCUT2D eigenvalue weighted by Gasteiger charge is 2.05. The van der Waals surface area contributed by atoms with Gasteiger partial charge in [-0.1, -0.05) is 65.7 Å². The molecule has 0 rings (SSSR count). The van der Waals surface area contributed by atoms with Gasteiger partial charge in [0, 0.05) is 13.0 Å². The summed E-state index contributed by atoms with van der Waals surface area (Å²) in [6.45, 7) is 7.54. The summed E-state index contributed by atoms with van der Waals surface area (Å²) in [7, 11) is 0.